The molecule has 1 N–H and O–H groups in total. The minimum absolute atomic E-state index is 0.326. The standard InChI is InChI=1S/C14H18N2O2/c1-10-8-12(11(9-15-10)13(17)18)16-6-4-14(2-3-14)5-7-16/h8-9H,2-7H2,1H3,(H,17,18). The van der Waals surface area contributed by atoms with Gasteiger partial charge in [0.1, 0.15) is 5.56 Å². The zero-order valence-electron chi connectivity index (χ0n) is 10.6. The molecule has 1 spiro atoms. The number of aryl methyl sites for hydroxylation is 1. The van der Waals surface area contributed by atoms with Crippen LogP contribution in [0.5, 0.6) is 0 Å². The Morgan fingerprint density at radius 1 is 1.33 bits per heavy atom. The first-order chi connectivity index (χ1) is 8.60. The number of rotatable bonds is 2. The van der Waals surface area contributed by atoms with Crippen LogP contribution in [-0.4, -0.2) is 29.1 Å². The fraction of sp³-hybridized carbons (Fsp3) is 0.571. The molecule has 0 aromatic carbocycles. The molecule has 4 nitrogen and oxygen atoms in total. The van der Waals surface area contributed by atoms with Crippen LogP contribution in [0.25, 0.3) is 0 Å². The van der Waals surface area contributed by atoms with Crippen LogP contribution in [0.4, 0.5) is 5.69 Å². The van der Waals surface area contributed by atoms with E-state index in [0.717, 1.165) is 24.5 Å². The summed E-state index contributed by atoms with van der Waals surface area (Å²) in [7, 11) is 0. The molecule has 1 saturated heterocycles. The van der Waals surface area contributed by atoms with Crippen LogP contribution in [0.1, 0.15) is 41.7 Å². The van der Waals surface area contributed by atoms with Gasteiger partial charge in [0, 0.05) is 25.0 Å². The molecule has 1 aromatic heterocycles. The van der Waals surface area contributed by atoms with E-state index in [9.17, 15) is 9.90 Å². The Balaban J connectivity index is 1.86. The highest BCUT2D eigenvalue weighted by atomic mass is 16.4. The van der Waals surface area contributed by atoms with Crippen molar-refractivity contribution >= 4 is 11.7 Å². The van der Waals surface area contributed by atoms with E-state index < -0.39 is 5.97 Å². The Morgan fingerprint density at radius 2 is 2.00 bits per heavy atom. The highest BCUT2D eigenvalue weighted by molar-refractivity contribution is 5.94. The third-order valence-electron chi connectivity index (χ3n) is 4.37. The van der Waals surface area contributed by atoms with E-state index in [4.69, 9.17) is 0 Å². The van der Waals surface area contributed by atoms with Gasteiger partial charge in [-0.2, -0.15) is 0 Å². The van der Waals surface area contributed by atoms with Crippen LogP contribution < -0.4 is 4.90 Å². The van der Waals surface area contributed by atoms with Crippen LogP contribution in [0, 0.1) is 12.3 Å². The lowest BCUT2D eigenvalue weighted by Crippen LogP contribution is -2.35. The summed E-state index contributed by atoms with van der Waals surface area (Å²) in [5, 5.41) is 9.24. The van der Waals surface area contributed by atoms with Gasteiger partial charge >= 0.3 is 5.97 Å². The van der Waals surface area contributed by atoms with Crippen LogP contribution in [0.3, 0.4) is 0 Å². The largest absolute Gasteiger partial charge is 0.478 e. The summed E-state index contributed by atoms with van der Waals surface area (Å²) in [5.41, 5.74) is 2.65. The van der Waals surface area contributed by atoms with Crippen molar-refractivity contribution in [2.24, 2.45) is 5.41 Å². The highest BCUT2D eigenvalue weighted by Crippen LogP contribution is 2.54. The van der Waals surface area contributed by atoms with Gasteiger partial charge in [-0.25, -0.2) is 4.79 Å². The highest BCUT2D eigenvalue weighted by Gasteiger charge is 2.44. The van der Waals surface area contributed by atoms with Crippen molar-refractivity contribution in [2.45, 2.75) is 32.6 Å². The lowest BCUT2D eigenvalue weighted by Gasteiger charge is -2.34. The molecule has 1 aliphatic heterocycles. The number of carboxylic acids is 1. The molecule has 0 amide bonds. The molecule has 0 bridgehead atoms. The fourth-order valence-electron chi connectivity index (χ4n) is 2.87. The number of hydrogen-bond donors (Lipinski definition) is 1. The molecule has 4 heteroatoms. The summed E-state index contributed by atoms with van der Waals surface area (Å²) < 4.78 is 0. The second kappa shape index (κ2) is 3.97. The topological polar surface area (TPSA) is 53.4 Å². The predicted octanol–water partition coefficient (Wildman–Crippen LogP) is 2.47. The van der Waals surface area contributed by atoms with E-state index in [1.165, 1.54) is 31.9 Å². The van der Waals surface area contributed by atoms with Crippen molar-refractivity contribution in [3.63, 3.8) is 0 Å². The molecule has 2 fully saturated rings. The molecule has 1 aromatic rings. The number of anilines is 1. The first kappa shape index (κ1) is 11.5. The van der Waals surface area contributed by atoms with Crippen molar-refractivity contribution in [3.8, 4) is 0 Å². The van der Waals surface area contributed by atoms with Crippen LogP contribution >= 0.6 is 0 Å². The van der Waals surface area contributed by atoms with E-state index in [1.807, 2.05) is 13.0 Å². The molecule has 0 atom stereocenters. The molecule has 96 valence electrons. The van der Waals surface area contributed by atoms with Gasteiger partial charge in [0.05, 0.1) is 5.69 Å². The molecule has 0 radical (unpaired) electrons. The summed E-state index contributed by atoms with van der Waals surface area (Å²) in [5.74, 6) is -0.885. The second-order valence-electron chi connectivity index (χ2n) is 5.64. The van der Waals surface area contributed by atoms with Crippen LogP contribution in [0.2, 0.25) is 0 Å². The Kier molecular flexibility index (Phi) is 2.54. The van der Waals surface area contributed by atoms with E-state index in [1.54, 1.807) is 0 Å². The first-order valence-corrected chi connectivity index (χ1v) is 6.55. The number of carbonyl (C=O) groups is 1. The molecule has 1 aliphatic carbocycles. The number of aromatic carboxylic acids is 1. The smallest absolute Gasteiger partial charge is 0.339 e. The zero-order chi connectivity index (χ0) is 12.8. The maximum Gasteiger partial charge on any atom is 0.339 e. The van der Waals surface area contributed by atoms with E-state index >= 15 is 0 Å². The molecule has 2 aliphatic rings. The van der Waals surface area contributed by atoms with Gasteiger partial charge in [-0.15, -0.1) is 0 Å². The van der Waals surface area contributed by atoms with Crippen molar-refractivity contribution in [1.29, 1.82) is 0 Å². The Labute approximate surface area is 107 Å². The van der Waals surface area contributed by atoms with Crippen LogP contribution in [-0.2, 0) is 0 Å². The van der Waals surface area contributed by atoms with E-state index in [2.05, 4.69) is 9.88 Å². The average molecular weight is 246 g/mol. The number of carboxylic acid groups (broad SMARTS) is 1. The van der Waals surface area contributed by atoms with Gasteiger partial charge in [-0.3, -0.25) is 4.98 Å². The van der Waals surface area contributed by atoms with Gasteiger partial charge in [-0.1, -0.05) is 0 Å². The third kappa shape index (κ3) is 1.96. The lowest BCUT2D eigenvalue weighted by atomic mass is 9.93. The summed E-state index contributed by atoms with van der Waals surface area (Å²) in [6.45, 7) is 3.86. The Morgan fingerprint density at radius 3 is 2.56 bits per heavy atom. The SMILES string of the molecule is Cc1cc(N2CCC3(CC2)CC3)c(C(=O)O)cn1. The zero-order valence-corrected chi connectivity index (χ0v) is 10.6. The fourth-order valence-corrected chi connectivity index (χ4v) is 2.87. The maximum atomic E-state index is 11.2. The minimum atomic E-state index is -0.885. The molecular formula is C14H18N2O2. The molecule has 1 saturated carbocycles. The summed E-state index contributed by atoms with van der Waals surface area (Å²) in [6.07, 6.45) is 6.61. The number of piperidine rings is 1. The maximum absolute atomic E-state index is 11.2. The van der Waals surface area contributed by atoms with Crippen molar-refractivity contribution in [2.75, 3.05) is 18.0 Å². The van der Waals surface area contributed by atoms with Gasteiger partial charge in [-0.05, 0) is 44.1 Å². The molecule has 3 rings (SSSR count). The number of aromatic nitrogens is 1. The summed E-state index contributed by atoms with van der Waals surface area (Å²) in [6, 6.07) is 1.90. The van der Waals surface area contributed by atoms with Crippen molar-refractivity contribution in [1.82, 2.24) is 4.98 Å². The van der Waals surface area contributed by atoms with Gasteiger partial charge in [0.2, 0.25) is 0 Å². The first-order valence-electron chi connectivity index (χ1n) is 6.55. The molecular weight excluding hydrogens is 228 g/mol. The van der Waals surface area contributed by atoms with Gasteiger partial charge in [0.25, 0.3) is 0 Å². The minimum Gasteiger partial charge on any atom is -0.478 e. The molecule has 0 unspecified atom stereocenters. The van der Waals surface area contributed by atoms with E-state index in [0.29, 0.717) is 11.0 Å². The Bertz CT molecular complexity index is 485. The lowest BCUT2D eigenvalue weighted by molar-refractivity contribution is 0.0697. The van der Waals surface area contributed by atoms with E-state index in [-0.39, 0.29) is 0 Å². The summed E-state index contributed by atoms with van der Waals surface area (Å²) >= 11 is 0. The average Bonchev–Trinajstić information content (AvgIpc) is 3.09. The predicted molar refractivity (Wildman–Crippen MR) is 69.0 cm³/mol. The van der Waals surface area contributed by atoms with Crippen molar-refractivity contribution < 1.29 is 9.90 Å². The number of pyridine rings is 1. The second-order valence-corrected chi connectivity index (χ2v) is 5.64. The molecule has 18 heavy (non-hydrogen) atoms. The normalized spacial score (nSPS) is 21.1. The third-order valence-corrected chi connectivity index (χ3v) is 4.37. The van der Waals surface area contributed by atoms with Crippen molar-refractivity contribution in [3.05, 3.63) is 23.5 Å². The molecule has 2 heterocycles. The Hall–Kier alpha value is -1.58. The number of nitrogens with zero attached hydrogens (tertiary/aromatic N) is 2. The van der Waals surface area contributed by atoms with Gasteiger partial charge in [0.15, 0.2) is 0 Å². The number of hydrogen-bond acceptors (Lipinski definition) is 3. The quantitative estimate of drug-likeness (QED) is 0.871. The van der Waals surface area contributed by atoms with Crippen LogP contribution in [0.15, 0.2) is 12.3 Å². The monoisotopic (exact) mass is 246 g/mol. The van der Waals surface area contributed by atoms with Gasteiger partial charge < -0.3 is 10.0 Å². The summed E-state index contributed by atoms with van der Waals surface area (Å²) in [4.78, 5) is 17.5.